The number of nitrogens with one attached hydrogen (secondary N) is 1. The molecule has 0 spiro atoms. The van der Waals surface area contributed by atoms with Gasteiger partial charge in [0.05, 0.1) is 15.5 Å². The third kappa shape index (κ3) is 5.21. The predicted octanol–water partition coefficient (Wildman–Crippen LogP) is 2.87. The lowest BCUT2D eigenvalue weighted by molar-refractivity contribution is -0.440. The third-order valence-electron chi connectivity index (χ3n) is 5.19. The average molecular weight is 465 g/mol. The van der Waals surface area contributed by atoms with E-state index in [4.69, 9.17) is 0 Å². The normalized spacial score (nSPS) is 16.0. The van der Waals surface area contributed by atoms with E-state index in [2.05, 4.69) is 5.32 Å². The van der Waals surface area contributed by atoms with Gasteiger partial charge in [-0.2, -0.15) is 13.0 Å². The van der Waals surface area contributed by atoms with Crippen LogP contribution < -0.4 is 5.32 Å². The first-order valence-electron chi connectivity index (χ1n) is 9.59. The number of hydrogen-bond acceptors (Lipinski definition) is 6. The molecule has 0 bridgehead atoms. The maximum absolute atomic E-state index is 12.0. The SMILES string of the molecule is CC1(C)C(/C=C/Nc2ccccc2)=[N+](CCCS(=O)(=O)[O-])c2c1cccc2S(=O)(=O)O. The number of fused-ring (bicyclic) bond motifs is 1. The molecule has 3 rings (SSSR count). The van der Waals surface area contributed by atoms with Crippen LogP contribution in [0, 0.1) is 0 Å². The summed E-state index contributed by atoms with van der Waals surface area (Å²) >= 11 is 0. The maximum atomic E-state index is 12.0. The molecule has 10 heteroatoms. The molecule has 0 amide bonds. The van der Waals surface area contributed by atoms with Gasteiger partial charge >= 0.3 is 10.1 Å². The van der Waals surface area contributed by atoms with Gasteiger partial charge in [0.2, 0.25) is 5.69 Å². The van der Waals surface area contributed by atoms with Crippen LogP contribution in [0.25, 0.3) is 0 Å². The molecule has 1 aliphatic rings. The second-order valence-electron chi connectivity index (χ2n) is 7.75. The molecule has 2 aromatic rings. The van der Waals surface area contributed by atoms with Crippen molar-refractivity contribution >= 4 is 37.3 Å². The zero-order valence-corrected chi connectivity index (χ0v) is 18.8. The molecule has 2 aromatic carbocycles. The number of anilines is 1. The molecule has 0 saturated heterocycles. The summed E-state index contributed by atoms with van der Waals surface area (Å²) in [6.07, 6.45) is 3.50. The summed E-state index contributed by atoms with van der Waals surface area (Å²) in [5.74, 6) is -0.577. The molecule has 31 heavy (non-hydrogen) atoms. The molecular formula is C21H24N2O6S2. The van der Waals surface area contributed by atoms with Gasteiger partial charge < -0.3 is 9.87 Å². The monoisotopic (exact) mass is 464 g/mol. The average Bonchev–Trinajstić information content (AvgIpc) is 2.88. The molecule has 8 nitrogen and oxygen atoms in total. The summed E-state index contributed by atoms with van der Waals surface area (Å²) in [6, 6.07) is 14.1. The van der Waals surface area contributed by atoms with Crippen molar-refractivity contribution in [2.45, 2.75) is 30.6 Å². The van der Waals surface area contributed by atoms with Crippen molar-refractivity contribution in [2.24, 2.45) is 0 Å². The van der Waals surface area contributed by atoms with Gasteiger partial charge in [-0.15, -0.1) is 0 Å². The first kappa shape index (κ1) is 23.1. The molecule has 1 heterocycles. The van der Waals surface area contributed by atoms with E-state index in [1.54, 1.807) is 29.0 Å². The largest absolute Gasteiger partial charge is 0.748 e. The summed E-state index contributed by atoms with van der Waals surface area (Å²) in [5, 5.41) is 3.14. The van der Waals surface area contributed by atoms with Crippen LogP contribution in [-0.4, -0.2) is 48.5 Å². The van der Waals surface area contributed by atoms with Crippen LogP contribution in [0.4, 0.5) is 11.4 Å². The number of allylic oxidation sites excluding steroid dienone is 1. The summed E-state index contributed by atoms with van der Waals surface area (Å²) in [5.41, 5.74) is 1.88. The number of hydrogen-bond donors (Lipinski definition) is 2. The van der Waals surface area contributed by atoms with Crippen LogP contribution in [0.1, 0.15) is 25.8 Å². The van der Waals surface area contributed by atoms with Gasteiger partial charge in [0, 0.05) is 35.7 Å². The summed E-state index contributed by atoms with van der Waals surface area (Å²) in [4.78, 5) is -0.262. The van der Waals surface area contributed by atoms with Crippen molar-refractivity contribution < 1.29 is 30.5 Å². The Bertz CT molecular complexity index is 1250. The van der Waals surface area contributed by atoms with Crippen molar-refractivity contribution in [1.29, 1.82) is 0 Å². The van der Waals surface area contributed by atoms with E-state index in [1.165, 1.54) is 6.07 Å². The molecule has 0 aliphatic carbocycles. The number of para-hydroxylation sites is 2. The minimum Gasteiger partial charge on any atom is -0.748 e. The first-order valence-corrected chi connectivity index (χ1v) is 12.6. The van der Waals surface area contributed by atoms with Crippen molar-refractivity contribution in [1.82, 2.24) is 0 Å². The van der Waals surface area contributed by atoms with Gasteiger partial charge in [0.15, 0.2) is 10.6 Å². The van der Waals surface area contributed by atoms with E-state index in [-0.39, 0.29) is 23.5 Å². The van der Waals surface area contributed by atoms with Gasteiger partial charge in [0.25, 0.3) is 0 Å². The summed E-state index contributed by atoms with van der Waals surface area (Å²) in [6.45, 7) is 3.91. The van der Waals surface area contributed by atoms with Crippen molar-refractivity contribution in [3.05, 3.63) is 66.4 Å². The maximum Gasteiger partial charge on any atom is 0.301 e. The Morgan fingerprint density at radius 1 is 1.06 bits per heavy atom. The Morgan fingerprint density at radius 3 is 2.35 bits per heavy atom. The Balaban J connectivity index is 2.09. The van der Waals surface area contributed by atoms with E-state index in [0.29, 0.717) is 11.3 Å². The fourth-order valence-electron chi connectivity index (χ4n) is 3.79. The van der Waals surface area contributed by atoms with Crippen LogP contribution >= 0.6 is 0 Å². The minimum absolute atomic E-state index is 0.00458. The highest BCUT2D eigenvalue weighted by Crippen LogP contribution is 2.43. The standard InChI is InChI=1S/C21H24N2O6S2/c1-21(2)17-10-6-11-18(31(27,28)29)20(17)23(14-7-15-30(24,25)26)19(21)12-13-22-16-8-4-3-5-9-16/h3-6,8-13H,7,14-15H2,1-2H3,(H2,24,25,26,27,28,29). The van der Waals surface area contributed by atoms with E-state index in [1.807, 2.05) is 44.2 Å². The van der Waals surface area contributed by atoms with Crippen LogP contribution in [0.2, 0.25) is 0 Å². The Morgan fingerprint density at radius 2 is 1.74 bits per heavy atom. The lowest BCUT2D eigenvalue weighted by atomic mass is 9.81. The molecular weight excluding hydrogens is 440 g/mol. The van der Waals surface area contributed by atoms with Crippen molar-refractivity contribution in [3.8, 4) is 0 Å². The van der Waals surface area contributed by atoms with Gasteiger partial charge in [-0.1, -0.05) is 30.3 Å². The van der Waals surface area contributed by atoms with Crippen LogP contribution in [0.15, 0.2) is 65.7 Å². The molecule has 166 valence electrons. The quantitative estimate of drug-likeness (QED) is 0.454. The molecule has 0 radical (unpaired) electrons. The summed E-state index contributed by atoms with van der Waals surface area (Å²) in [7, 11) is -8.94. The first-order chi connectivity index (χ1) is 14.4. The van der Waals surface area contributed by atoms with Crippen molar-refractivity contribution in [2.75, 3.05) is 17.6 Å². The van der Waals surface area contributed by atoms with E-state index in [0.717, 1.165) is 5.69 Å². The number of rotatable bonds is 8. The summed E-state index contributed by atoms with van der Waals surface area (Å²) < 4.78 is 68.7. The zero-order chi connectivity index (χ0) is 22.9. The van der Waals surface area contributed by atoms with Crippen LogP contribution in [0.5, 0.6) is 0 Å². The molecule has 0 unspecified atom stereocenters. The van der Waals surface area contributed by atoms with E-state index >= 15 is 0 Å². The molecule has 0 fully saturated rings. The minimum atomic E-state index is -4.53. The van der Waals surface area contributed by atoms with Gasteiger partial charge in [-0.05, 0) is 32.0 Å². The van der Waals surface area contributed by atoms with Crippen LogP contribution in [-0.2, 0) is 25.7 Å². The van der Waals surface area contributed by atoms with E-state index < -0.39 is 31.4 Å². The molecule has 0 saturated carbocycles. The predicted molar refractivity (Wildman–Crippen MR) is 117 cm³/mol. The fraction of sp³-hybridized carbons (Fsp3) is 0.286. The van der Waals surface area contributed by atoms with Gasteiger partial charge in [-0.25, -0.2) is 8.42 Å². The second kappa shape index (κ2) is 8.54. The number of nitrogens with zero attached hydrogens (tertiary/aromatic N) is 1. The highest BCUT2D eigenvalue weighted by molar-refractivity contribution is 7.86. The molecule has 0 atom stereocenters. The highest BCUT2D eigenvalue weighted by atomic mass is 32.2. The highest BCUT2D eigenvalue weighted by Gasteiger charge is 2.47. The molecule has 1 aliphatic heterocycles. The topological polar surface area (TPSA) is 127 Å². The number of benzene rings is 2. The second-order valence-corrected chi connectivity index (χ2v) is 10.7. The Hall–Kier alpha value is -2.53. The third-order valence-corrected chi connectivity index (χ3v) is 6.87. The van der Waals surface area contributed by atoms with Gasteiger partial charge in [0.1, 0.15) is 6.54 Å². The molecule has 2 N–H and O–H groups in total. The smallest absolute Gasteiger partial charge is 0.301 e. The Kier molecular flexibility index (Phi) is 6.38. The fourth-order valence-corrected chi connectivity index (χ4v) is 4.99. The zero-order valence-electron chi connectivity index (χ0n) is 17.1. The van der Waals surface area contributed by atoms with Crippen LogP contribution in [0.3, 0.4) is 0 Å². The van der Waals surface area contributed by atoms with E-state index in [9.17, 15) is 25.9 Å². The van der Waals surface area contributed by atoms with Gasteiger partial charge in [-0.3, -0.25) is 4.55 Å². The molecule has 0 aromatic heterocycles. The van der Waals surface area contributed by atoms with Crippen molar-refractivity contribution in [3.63, 3.8) is 0 Å². The Labute approximate surface area is 182 Å². The lowest BCUT2D eigenvalue weighted by Crippen LogP contribution is -2.28. The lowest BCUT2D eigenvalue weighted by Gasteiger charge is -2.15.